The first kappa shape index (κ1) is 14.3. The van der Waals surface area contributed by atoms with Gasteiger partial charge in [0.05, 0.1) is 18.4 Å². The average Bonchev–Trinajstić information content (AvgIpc) is 2.73. The number of hydrogen-bond donors (Lipinski definition) is 0. The van der Waals surface area contributed by atoms with Crippen LogP contribution in [0.1, 0.15) is 12.8 Å². The van der Waals surface area contributed by atoms with Crippen molar-refractivity contribution in [2.24, 2.45) is 11.8 Å². The van der Waals surface area contributed by atoms with Gasteiger partial charge in [0.1, 0.15) is 12.4 Å². The maximum Gasteiger partial charge on any atom is 0.233 e. The van der Waals surface area contributed by atoms with Gasteiger partial charge < -0.3 is 4.74 Å². The third kappa shape index (κ3) is 2.88. The fourth-order valence-electron chi connectivity index (χ4n) is 2.90. The molecule has 4 nitrogen and oxygen atoms in total. The monoisotopic (exact) mass is 349 g/mol. The van der Waals surface area contributed by atoms with Crippen LogP contribution in [-0.4, -0.2) is 29.9 Å². The summed E-state index contributed by atoms with van der Waals surface area (Å²) in [5.74, 6) is 0.309. The van der Waals surface area contributed by atoms with E-state index in [1.165, 1.54) is 4.90 Å². The third-order valence-corrected chi connectivity index (χ3v) is 4.47. The van der Waals surface area contributed by atoms with Crippen molar-refractivity contribution in [3.63, 3.8) is 0 Å². The molecule has 0 bridgehead atoms. The number of nitrogens with zero attached hydrogens (tertiary/aromatic N) is 1. The Morgan fingerprint density at radius 3 is 2.43 bits per heavy atom. The largest absolute Gasteiger partial charge is 0.492 e. The zero-order valence-corrected chi connectivity index (χ0v) is 13.1. The van der Waals surface area contributed by atoms with E-state index in [2.05, 4.69) is 15.9 Å². The molecule has 2 amide bonds. The van der Waals surface area contributed by atoms with Gasteiger partial charge >= 0.3 is 0 Å². The molecular weight excluding hydrogens is 334 g/mol. The average molecular weight is 350 g/mol. The molecule has 0 unspecified atom stereocenters. The van der Waals surface area contributed by atoms with Crippen molar-refractivity contribution in [1.82, 2.24) is 4.90 Å². The molecule has 1 aliphatic carbocycles. The SMILES string of the molecule is O=C1[C@H]2CC=CC[C@@H]2C(=O)N1CCOc1cccc(Br)c1. The van der Waals surface area contributed by atoms with Gasteiger partial charge in [-0.05, 0) is 31.0 Å². The predicted molar refractivity (Wildman–Crippen MR) is 81.7 cm³/mol. The molecule has 1 aromatic rings. The van der Waals surface area contributed by atoms with Gasteiger partial charge in [-0.1, -0.05) is 34.1 Å². The highest BCUT2D eigenvalue weighted by molar-refractivity contribution is 9.10. The Morgan fingerprint density at radius 1 is 1.14 bits per heavy atom. The van der Waals surface area contributed by atoms with Crippen LogP contribution in [0.2, 0.25) is 0 Å². The Kier molecular flexibility index (Phi) is 4.10. The Bertz CT molecular complexity index is 573. The number of carbonyl (C=O) groups is 2. The third-order valence-electron chi connectivity index (χ3n) is 3.98. The second-order valence-electron chi connectivity index (χ2n) is 5.29. The molecule has 2 aliphatic rings. The van der Waals surface area contributed by atoms with Crippen LogP contribution in [0.5, 0.6) is 5.75 Å². The van der Waals surface area contributed by atoms with Crippen LogP contribution < -0.4 is 4.74 Å². The molecule has 0 radical (unpaired) electrons. The van der Waals surface area contributed by atoms with E-state index in [4.69, 9.17) is 4.74 Å². The number of amides is 2. The van der Waals surface area contributed by atoms with Crippen molar-refractivity contribution in [2.45, 2.75) is 12.8 Å². The van der Waals surface area contributed by atoms with Crippen LogP contribution in [0.3, 0.4) is 0 Å². The summed E-state index contributed by atoms with van der Waals surface area (Å²) in [6.45, 7) is 0.637. The van der Waals surface area contributed by atoms with E-state index in [9.17, 15) is 9.59 Å². The van der Waals surface area contributed by atoms with Gasteiger partial charge in [-0.15, -0.1) is 0 Å². The van der Waals surface area contributed by atoms with Crippen molar-refractivity contribution in [2.75, 3.05) is 13.2 Å². The Balaban J connectivity index is 1.58. The summed E-state index contributed by atoms with van der Waals surface area (Å²) >= 11 is 3.38. The predicted octanol–water partition coefficient (Wildman–Crippen LogP) is 2.78. The van der Waals surface area contributed by atoms with E-state index in [-0.39, 0.29) is 23.7 Å². The smallest absolute Gasteiger partial charge is 0.233 e. The molecule has 21 heavy (non-hydrogen) atoms. The number of imide groups is 1. The second kappa shape index (κ2) is 6.02. The van der Waals surface area contributed by atoms with E-state index >= 15 is 0 Å². The summed E-state index contributed by atoms with van der Waals surface area (Å²) < 4.78 is 6.54. The number of rotatable bonds is 4. The number of ether oxygens (including phenoxy) is 1. The van der Waals surface area contributed by atoms with Gasteiger partial charge in [-0.2, -0.15) is 0 Å². The molecule has 3 rings (SSSR count). The van der Waals surface area contributed by atoms with Crippen LogP contribution >= 0.6 is 15.9 Å². The molecular formula is C16H16BrNO3. The molecule has 1 aliphatic heterocycles. The lowest BCUT2D eigenvalue weighted by atomic mass is 9.85. The van der Waals surface area contributed by atoms with E-state index in [1.54, 1.807) is 0 Å². The van der Waals surface area contributed by atoms with Crippen molar-refractivity contribution >= 4 is 27.7 Å². The maximum atomic E-state index is 12.3. The molecule has 1 fully saturated rings. The Labute approximate surface area is 131 Å². The fourth-order valence-corrected chi connectivity index (χ4v) is 3.28. The quantitative estimate of drug-likeness (QED) is 0.620. The minimum atomic E-state index is -0.159. The molecule has 0 N–H and O–H groups in total. The number of benzene rings is 1. The van der Waals surface area contributed by atoms with E-state index in [0.29, 0.717) is 26.0 Å². The summed E-state index contributed by atoms with van der Waals surface area (Å²) in [4.78, 5) is 25.9. The Hall–Kier alpha value is -1.62. The summed E-state index contributed by atoms with van der Waals surface area (Å²) in [5.41, 5.74) is 0. The van der Waals surface area contributed by atoms with Gasteiger partial charge in [0, 0.05) is 4.47 Å². The van der Waals surface area contributed by atoms with Gasteiger partial charge in [0.15, 0.2) is 0 Å². The second-order valence-corrected chi connectivity index (χ2v) is 6.21. The summed E-state index contributed by atoms with van der Waals surface area (Å²) in [6.07, 6.45) is 5.35. The highest BCUT2D eigenvalue weighted by atomic mass is 79.9. The first-order chi connectivity index (χ1) is 10.2. The van der Waals surface area contributed by atoms with Crippen molar-refractivity contribution in [3.05, 3.63) is 40.9 Å². The molecule has 5 heteroatoms. The van der Waals surface area contributed by atoms with Gasteiger partial charge in [0.2, 0.25) is 11.8 Å². The molecule has 1 heterocycles. The van der Waals surface area contributed by atoms with Gasteiger partial charge in [0.25, 0.3) is 0 Å². The van der Waals surface area contributed by atoms with Crippen molar-refractivity contribution in [1.29, 1.82) is 0 Å². The van der Waals surface area contributed by atoms with Crippen molar-refractivity contribution in [3.8, 4) is 5.75 Å². The van der Waals surface area contributed by atoms with Crippen LogP contribution in [0.4, 0.5) is 0 Å². The summed E-state index contributed by atoms with van der Waals surface area (Å²) in [6, 6.07) is 7.50. The van der Waals surface area contributed by atoms with Crippen LogP contribution in [0, 0.1) is 11.8 Å². The summed E-state index contributed by atoms with van der Waals surface area (Å²) in [5, 5.41) is 0. The topological polar surface area (TPSA) is 46.6 Å². The lowest BCUT2D eigenvalue weighted by Crippen LogP contribution is -2.34. The van der Waals surface area contributed by atoms with Gasteiger partial charge in [-0.3, -0.25) is 14.5 Å². The number of hydrogen-bond acceptors (Lipinski definition) is 3. The van der Waals surface area contributed by atoms with Crippen LogP contribution in [0.25, 0.3) is 0 Å². The molecule has 1 aromatic carbocycles. The van der Waals surface area contributed by atoms with Crippen LogP contribution in [-0.2, 0) is 9.59 Å². The lowest BCUT2D eigenvalue weighted by molar-refractivity contribution is -0.140. The minimum absolute atomic E-state index is 0.0489. The fraction of sp³-hybridized carbons (Fsp3) is 0.375. The molecule has 110 valence electrons. The van der Waals surface area contributed by atoms with Crippen molar-refractivity contribution < 1.29 is 14.3 Å². The van der Waals surface area contributed by atoms with E-state index < -0.39 is 0 Å². The number of allylic oxidation sites excluding steroid dienone is 2. The lowest BCUT2D eigenvalue weighted by Gasteiger charge is -2.15. The van der Waals surface area contributed by atoms with Crippen LogP contribution in [0.15, 0.2) is 40.9 Å². The minimum Gasteiger partial charge on any atom is -0.492 e. The summed E-state index contributed by atoms with van der Waals surface area (Å²) in [7, 11) is 0. The Morgan fingerprint density at radius 2 is 1.81 bits per heavy atom. The van der Waals surface area contributed by atoms with E-state index in [0.717, 1.165) is 10.2 Å². The highest BCUT2D eigenvalue weighted by Crippen LogP contribution is 2.34. The highest BCUT2D eigenvalue weighted by Gasteiger charge is 2.46. The molecule has 0 saturated carbocycles. The van der Waals surface area contributed by atoms with Gasteiger partial charge in [-0.25, -0.2) is 0 Å². The number of halogens is 1. The zero-order valence-electron chi connectivity index (χ0n) is 11.5. The van der Waals surface area contributed by atoms with E-state index in [1.807, 2.05) is 36.4 Å². The zero-order chi connectivity index (χ0) is 14.8. The molecule has 0 aromatic heterocycles. The normalized spacial score (nSPS) is 24.3. The standard InChI is InChI=1S/C16H16BrNO3/c17-11-4-3-5-12(10-11)21-9-8-18-15(19)13-6-1-2-7-14(13)16(18)20/h1-5,10,13-14H,6-9H2/t13-,14-/m0/s1. The number of fused-ring (bicyclic) bond motifs is 1. The maximum absolute atomic E-state index is 12.3. The number of likely N-dealkylation sites (tertiary alicyclic amines) is 1. The number of carbonyl (C=O) groups excluding carboxylic acids is 2. The molecule has 2 atom stereocenters. The first-order valence-electron chi connectivity index (χ1n) is 7.05. The first-order valence-corrected chi connectivity index (χ1v) is 7.84. The molecule has 1 saturated heterocycles. The molecule has 0 spiro atoms.